The zero-order valence-electron chi connectivity index (χ0n) is 15.8. The Labute approximate surface area is 156 Å². The van der Waals surface area contributed by atoms with Gasteiger partial charge < -0.3 is 14.6 Å². The van der Waals surface area contributed by atoms with Crippen molar-refractivity contribution in [3.8, 4) is 0 Å². The molecule has 0 bridgehead atoms. The van der Waals surface area contributed by atoms with E-state index in [1.807, 2.05) is 18.7 Å². The molecule has 0 saturated carbocycles. The Morgan fingerprint density at radius 1 is 1.30 bits per heavy atom. The summed E-state index contributed by atoms with van der Waals surface area (Å²) < 4.78 is 45.7. The van der Waals surface area contributed by atoms with E-state index in [9.17, 15) is 22.8 Å². The lowest BCUT2D eigenvalue weighted by atomic mass is 10.1. The van der Waals surface area contributed by atoms with E-state index in [2.05, 4.69) is 5.32 Å². The molecule has 1 aromatic rings. The summed E-state index contributed by atoms with van der Waals surface area (Å²) in [4.78, 5) is 26.7. The van der Waals surface area contributed by atoms with E-state index in [1.54, 1.807) is 7.11 Å². The minimum atomic E-state index is -4.67. The van der Waals surface area contributed by atoms with E-state index in [4.69, 9.17) is 4.74 Å². The first kappa shape index (κ1) is 21.4. The quantitative estimate of drug-likeness (QED) is 0.739. The van der Waals surface area contributed by atoms with Crippen molar-refractivity contribution < 1.29 is 22.7 Å². The Bertz CT molecular complexity index is 710. The smallest absolute Gasteiger partial charge is 0.379 e. The summed E-state index contributed by atoms with van der Waals surface area (Å²) in [5.74, 6) is -0.284. The molecule has 0 unspecified atom stereocenters. The van der Waals surface area contributed by atoms with Crippen LogP contribution in [0.3, 0.4) is 0 Å². The molecular weight excluding hydrogens is 363 g/mol. The number of methoxy groups -OCH3 is 1. The Morgan fingerprint density at radius 2 is 1.96 bits per heavy atom. The fraction of sp³-hybridized carbons (Fsp3) is 0.667. The second kappa shape index (κ2) is 8.88. The summed E-state index contributed by atoms with van der Waals surface area (Å²) >= 11 is 0. The molecule has 0 spiro atoms. The van der Waals surface area contributed by atoms with Crippen LogP contribution >= 0.6 is 0 Å². The topological polar surface area (TPSA) is 63.6 Å². The number of hydrogen-bond acceptors (Lipinski definition) is 4. The van der Waals surface area contributed by atoms with E-state index < -0.39 is 23.3 Å². The number of pyridine rings is 1. The maximum absolute atomic E-state index is 13.3. The van der Waals surface area contributed by atoms with Gasteiger partial charge in [0.25, 0.3) is 11.5 Å². The van der Waals surface area contributed by atoms with Crippen LogP contribution in [0.5, 0.6) is 0 Å². The number of ether oxygens (including phenoxy) is 1. The molecule has 1 aliphatic heterocycles. The number of likely N-dealkylation sites (tertiary alicyclic amines) is 1. The molecule has 2 heterocycles. The second-order valence-electron chi connectivity index (χ2n) is 7.14. The minimum absolute atomic E-state index is 0.0712. The van der Waals surface area contributed by atoms with Crippen LogP contribution in [0.2, 0.25) is 0 Å². The van der Waals surface area contributed by atoms with Crippen molar-refractivity contribution in [3.63, 3.8) is 0 Å². The summed E-state index contributed by atoms with van der Waals surface area (Å²) in [6, 6.07) is 1.75. The number of nitrogens with zero attached hydrogens (tertiary/aromatic N) is 2. The van der Waals surface area contributed by atoms with Crippen molar-refractivity contribution in [2.75, 3.05) is 33.3 Å². The minimum Gasteiger partial charge on any atom is -0.379 e. The van der Waals surface area contributed by atoms with Gasteiger partial charge in [-0.25, -0.2) is 0 Å². The highest BCUT2D eigenvalue weighted by atomic mass is 19.4. The standard InChI is InChI=1S/C18H26F3N3O3/c1-12(2)6-7-22-16(25)14-4-5-15(18(19,20)21)24(17(14)26)9-8-23-10-13(11-23)27-3/h4-5,12-13H,6-11H2,1-3H3,(H,22,25). The molecule has 1 aromatic heterocycles. The number of carbonyl (C=O) groups excluding carboxylic acids is 1. The number of halogens is 3. The van der Waals surface area contributed by atoms with Gasteiger partial charge in [-0.05, 0) is 24.5 Å². The van der Waals surface area contributed by atoms with Crippen LogP contribution in [0.4, 0.5) is 13.2 Å². The summed E-state index contributed by atoms with van der Waals surface area (Å²) in [6.07, 6.45) is -3.88. The normalized spacial score (nSPS) is 15.8. The number of carbonyl (C=O) groups is 1. The molecule has 0 atom stereocenters. The number of rotatable bonds is 8. The second-order valence-corrected chi connectivity index (χ2v) is 7.14. The van der Waals surface area contributed by atoms with Crippen LogP contribution in [0, 0.1) is 5.92 Å². The van der Waals surface area contributed by atoms with Gasteiger partial charge in [0.05, 0.1) is 6.10 Å². The molecule has 0 radical (unpaired) electrons. The van der Waals surface area contributed by atoms with Gasteiger partial charge in [-0.3, -0.25) is 14.5 Å². The fourth-order valence-corrected chi connectivity index (χ4v) is 2.89. The van der Waals surface area contributed by atoms with Crippen LogP contribution < -0.4 is 10.9 Å². The average molecular weight is 389 g/mol. The molecule has 1 fully saturated rings. The van der Waals surface area contributed by atoms with Crippen molar-refractivity contribution in [2.24, 2.45) is 5.92 Å². The van der Waals surface area contributed by atoms with E-state index in [1.165, 1.54) is 0 Å². The predicted molar refractivity (Wildman–Crippen MR) is 94.7 cm³/mol. The van der Waals surface area contributed by atoms with Gasteiger partial charge in [0.15, 0.2) is 0 Å². The summed E-state index contributed by atoms with van der Waals surface area (Å²) in [7, 11) is 1.58. The maximum atomic E-state index is 13.3. The largest absolute Gasteiger partial charge is 0.431 e. The molecule has 1 saturated heterocycles. The van der Waals surface area contributed by atoms with Crippen molar-refractivity contribution in [1.29, 1.82) is 0 Å². The Balaban J connectivity index is 2.18. The van der Waals surface area contributed by atoms with Crippen molar-refractivity contribution in [3.05, 3.63) is 33.7 Å². The number of amides is 1. The SMILES string of the molecule is COC1CN(CCn2c(C(F)(F)F)ccc(C(=O)NCCC(C)C)c2=O)C1. The van der Waals surface area contributed by atoms with Crippen LogP contribution in [0.1, 0.15) is 36.3 Å². The molecule has 1 N–H and O–H groups in total. The molecule has 2 rings (SSSR count). The molecule has 9 heteroatoms. The van der Waals surface area contributed by atoms with Gasteiger partial charge in [-0.1, -0.05) is 13.8 Å². The third kappa shape index (κ3) is 5.55. The molecule has 152 valence electrons. The van der Waals surface area contributed by atoms with Crippen molar-refractivity contribution >= 4 is 5.91 Å². The summed E-state index contributed by atoms with van der Waals surface area (Å²) in [5, 5.41) is 2.60. The molecule has 0 aliphatic carbocycles. The molecule has 27 heavy (non-hydrogen) atoms. The van der Waals surface area contributed by atoms with Crippen LogP contribution in [-0.4, -0.2) is 54.8 Å². The van der Waals surface area contributed by atoms with Crippen LogP contribution in [0.15, 0.2) is 16.9 Å². The lowest BCUT2D eigenvalue weighted by Crippen LogP contribution is -2.53. The molecule has 6 nitrogen and oxygen atoms in total. The van der Waals surface area contributed by atoms with Gasteiger partial charge in [0.2, 0.25) is 0 Å². The first-order valence-corrected chi connectivity index (χ1v) is 8.97. The molecular formula is C18H26F3N3O3. The van der Waals surface area contributed by atoms with Gasteiger partial charge in [-0.15, -0.1) is 0 Å². The Morgan fingerprint density at radius 3 is 2.52 bits per heavy atom. The predicted octanol–water partition coefficient (Wildman–Crippen LogP) is 1.97. The zero-order chi connectivity index (χ0) is 20.2. The number of nitrogens with one attached hydrogen (secondary N) is 1. The monoisotopic (exact) mass is 389 g/mol. The van der Waals surface area contributed by atoms with Crippen LogP contribution in [0.25, 0.3) is 0 Å². The maximum Gasteiger partial charge on any atom is 0.431 e. The number of aromatic nitrogens is 1. The van der Waals surface area contributed by atoms with Gasteiger partial charge >= 0.3 is 6.18 Å². The van der Waals surface area contributed by atoms with Gasteiger partial charge in [-0.2, -0.15) is 13.2 Å². The summed E-state index contributed by atoms with van der Waals surface area (Å²) in [6.45, 7) is 5.70. The van der Waals surface area contributed by atoms with Crippen LogP contribution in [-0.2, 0) is 17.5 Å². The van der Waals surface area contributed by atoms with E-state index in [-0.39, 0.29) is 24.8 Å². The Hall–Kier alpha value is -1.87. The van der Waals surface area contributed by atoms with Crippen molar-refractivity contribution in [2.45, 2.75) is 39.1 Å². The highest BCUT2D eigenvalue weighted by molar-refractivity contribution is 5.93. The Kier molecular flexibility index (Phi) is 7.05. The highest BCUT2D eigenvalue weighted by Crippen LogP contribution is 2.28. The number of alkyl halides is 3. The molecule has 0 aromatic carbocycles. The van der Waals surface area contributed by atoms with Crippen molar-refractivity contribution in [1.82, 2.24) is 14.8 Å². The van der Waals surface area contributed by atoms with E-state index in [0.29, 0.717) is 30.1 Å². The highest BCUT2D eigenvalue weighted by Gasteiger charge is 2.36. The number of hydrogen-bond donors (Lipinski definition) is 1. The van der Waals surface area contributed by atoms with Gasteiger partial charge in [0, 0.05) is 39.8 Å². The fourth-order valence-electron chi connectivity index (χ4n) is 2.89. The third-order valence-electron chi connectivity index (χ3n) is 4.61. The summed E-state index contributed by atoms with van der Waals surface area (Å²) in [5.41, 5.74) is -2.24. The third-order valence-corrected chi connectivity index (χ3v) is 4.61. The van der Waals surface area contributed by atoms with E-state index in [0.717, 1.165) is 18.6 Å². The van der Waals surface area contributed by atoms with Gasteiger partial charge in [0.1, 0.15) is 11.3 Å². The lowest BCUT2D eigenvalue weighted by molar-refractivity contribution is -0.144. The average Bonchev–Trinajstić information content (AvgIpc) is 2.53. The molecule has 1 aliphatic rings. The molecule has 1 amide bonds. The first-order valence-electron chi connectivity index (χ1n) is 8.97. The lowest BCUT2D eigenvalue weighted by Gasteiger charge is -2.38. The zero-order valence-corrected chi connectivity index (χ0v) is 15.8. The first-order chi connectivity index (χ1) is 12.6. The van der Waals surface area contributed by atoms with E-state index >= 15 is 0 Å².